The van der Waals surface area contributed by atoms with Crippen LogP contribution in [0.15, 0.2) is 11.6 Å². The van der Waals surface area contributed by atoms with Crippen LogP contribution in [0.3, 0.4) is 0 Å². The molecule has 0 aliphatic carbocycles. The molecule has 14 heavy (non-hydrogen) atoms. The van der Waals surface area contributed by atoms with Crippen LogP contribution in [0.4, 0.5) is 0 Å². The number of nitrogens with zero attached hydrogens (tertiary/aromatic N) is 2. The lowest BCUT2D eigenvalue weighted by molar-refractivity contribution is -0.0260. The van der Waals surface area contributed by atoms with Crippen LogP contribution in [-0.2, 0) is 11.3 Å². The Kier molecular flexibility index (Phi) is 3.47. The van der Waals surface area contributed by atoms with Crippen LogP contribution in [0.2, 0.25) is 0 Å². The molecule has 0 spiro atoms. The molecule has 5 heteroatoms. The molecule has 0 saturated carbocycles. The van der Waals surface area contributed by atoms with E-state index in [1.165, 1.54) is 5.01 Å². The van der Waals surface area contributed by atoms with Crippen LogP contribution in [0.1, 0.15) is 5.01 Å². The Labute approximate surface area is 87.7 Å². The first-order valence-electron chi connectivity index (χ1n) is 4.81. The van der Waals surface area contributed by atoms with Crippen LogP contribution in [0.25, 0.3) is 0 Å². The largest absolute Gasteiger partial charge is 0.374 e. The Morgan fingerprint density at radius 3 is 3.36 bits per heavy atom. The molecule has 0 radical (unpaired) electrons. The summed E-state index contributed by atoms with van der Waals surface area (Å²) in [6.45, 7) is 4.23. The normalized spacial score (nSPS) is 23.9. The minimum absolute atomic E-state index is 0.198. The Morgan fingerprint density at radius 2 is 2.64 bits per heavy atom. The summed E-state index contributed by atoms with van der Waals surface area (Å²) in [6, 6.07) is 0. The van der Waals surface area contributed by atoms with E-state index < -0.39 is 0 Å². The van der Waals surface area contributed by atoms with Crippen LogP contribution < -0.4 is 5.73 Å². The first-order valence-corrected chi connectivity index (χ1v) is 5.69. The molecule has 1 atom stereocenters. The molecule has 2 heterocycles. The van der Waals surface area contributed by atoms with Crippen LogP contribution in [0, 0.1) is 0 Å². The Balaban J connectivity index is 1.86. The molecule has 1 aliphatic rings. The molecule has 2 N–H and O–H groups in total. The highest BCUT2D eigenvalue weighted by atomic mass is 32.1. The molecule has 0 bridgehead atoms. The van der Waals surface area contributed by atoms with Gasteiger partial charge in [-0.1, -0.05) is 0 Å². The van der Waals surface area contributed by atoms with Crippen molar-refractivity contribution < 1.29 is 4.74 Å². The van der Waals surface area contributed by atoms with Gasteiger partial charge in [0.05, 0.1) is 19.3 Å². The predicted molar refractivity (Wildman–Crippen MR) is 56.2 cm³/mol. The fourth-order valence-electron chi connectivity index (χ4n) is 1.59. The summed E-state index contributed by atoms with van der Waals surface area (Å²) in [5, 5.41) is 3.18. The first kappa shape index (κ1) is 10.0. The quantitative estimate of drug-likeness (QED) is 0.785. The van der Waals surface area contributed by atoms with E-state index in [-0.39, 0.29) is 6.10 Å². The zero-order valence-electron chi connectivity index (χ0n) is 8.06. The molecule has 1 aromatic heterocycles. The van der Waals surface area contributed by atoms with E-state index >= 15 is 0 Å². The predicted octanol–water partition coefficient (Wildman–Crippen LogP) is 0.303. The van der Waals surface area contributed by atoms with Crippen LogP contribution >= 0.6 is 11.3 Å². The maximum Gasteiger partial charge on any atom is 0.107 e. The van der Waals surface area contributed by atoms with E-state index in [9.17, 15) is 0 Å². The average Bonchev–Trinajstić information content (AvgIpc) is 2.71. The van der Waals surface area contributed by atoms with Crippen molar-refractivity contribution in [3.63, 3.8) is 0 Å². The lowest BCUT2D eigenvalue weighted by atomic mass is 10.3. The summed E-state index contributed by atoms with van der Waals surface area (Å²) in [5.41, 5.74) is 5.57. The minimum Gasteiger partial charge on any atom is -0.374 e. The molecule has 2 rings (SSSR count). The fraction of sp³-hybridized carbons (Fsp3) is 0.667. The second-order valence-electron chi connectivity index (χ2n) is 3.39. The number of thiazole rings is 1. The van der Waals surface area contributed by atoms with Crippen LogP contribution in [0.5, 0.6) is 0 Å². The van der Waals surface area contributed by atoms with Gasteiger partial charge in [-0.05, 0) is 0 Å². The standard InChI is InChI=1S/C9H15N3OS/c10-5-8-6-12(2-3-13-8)7-9-11-1-4-14-9/h1,4,8H,2-3,5-7,10H2. The van der Waals surface area contributed by atoms with Crippen molar-refractivity contribution in [2.45, 2.75) is 12.6 Å². The van der Waals surface area contributed by atoms with Crippen LogP contribution in [-0.4, -0.2) is 42.2 Å². The highest BCUT2D eigenvalue weighted by Crippen LogP contribution is 2.11. The van der Waals surface area contributed by atoms with Crippen molar-refractivity contribution >= 4 is 11.3 Å². The molecule has 78 valence electrons. The van der Waals surface area contributed by atoms with E-state index in [1.807, 2.05) is 11.6 Å². The molecular weight excluding hydrogens is 198 g/mol. The Hall–Kier alpha value is -0.490. The maximum absolute atomic E-state index is 5.57. The summed E-state index contributed by atoms with van der Waals surface area (Å²) < 4.78 is 5.49. The van der Waals surface area contributed by atoms with E-state index in [2.05, 4.69) is 9.88 Å². The van der Waals surface area contributed by atoms with E-state index in [0.29, 0.717) is 6.54 Å². The van der Waals surface area contributed by atoms with Gasteiger partial charge in [0.25, 0.3) is 0 Å². The van der Waals surface area contributed by atoms with Crippen molar-refractivity contribution in [1.82, 2.24) is 9.88 Å². The number of nitrogens with two attached hydrogens (primary N) is 1. The van der Waals surface area contributed by atoms with E-state index in [0.717, 1.165) is 26.2 Å². The monoisotopic (exact) mass is 213 g/mol. The van der Waals surface area contributed by atoms with Crippen molar-refractivity contribution in [1.29, 1.82) is 0 Å². The fourth-order valence-corrected chi connectivity index (χ4v) is 2.25. The van der Waals surface area contributed by atoms with Gasteiger partial charge in [-0.3, -0.25) is 4.90 Å². The van der Waals surface area contributed by atoms with Crippen molar-refractivity contribution in [2.75, 3.05) is 26.2 Å². The lowest BCUT2D eigenvalue weighted by Gasteiger charge is -2.31. The van der Waals surface area contributed by atoms with E-state index in [1.54, 1.807) is 11.3 Å². The zero-order chi connectivity index (χ0) is 9.80. The third-order valence-electron chi connectivity index (χ3n) is 2.33. The van der Waals surface area contributed by atoms with Gasteiger partial charge in [-0.15, -0.1) is 11.3 Å². The van der Waals surface area contributed by atoms with Gasteiger partial charge in [0.15, 0.2) is 0 Å². The van der Waals surface area contributed by atoms with E-state index in [4.69, 9.17) is 10.5 Å². The van der Waals surface area contributed by atoms with Crippen molar-refractivity contribution in [2.24, 2.45) is 5.73 Å². The molecule has 1 unspecified atom stereocenters. The molecule has 1 aromatic rings. The van der Waals surface area contributed by atoms with Gasteiger partial charge in [0.1, 0.15) is 5.01 Å². The summed E-state index contributed by atoms with van der Waals surface area (Å²) in [5.74, 6) is 0. The van der Waals surface area contributed by atoms with Gasteiger partial charge in [0, 0.05) is 31.2 Å². The third kappa shape index (κ3) is 2.51. The highest BCUT2D eigenvalue weighted by molar-refractivity contribution is 7.09. The summed E-state index contributed by atoms with van der Waals surface area (Å²) in [7, 11) is 0. The second kappa shape index (κ2) is 4.84. The Morgan fingerprint density at radius 1 is 1.71 bits per heavy atom. The maximum atomic E-state index is 5.57. The summed E-state index contributed by atoms with van der Waals surface area (Å²) in [4.78, 5) is 6.61. The summed E-state index contributed by atoms with van der Waals surface area (Å²) >= 11 is 1.70. The molecule has 1 fully saturated rings. The lowest BCUT2D eigenvalue weighted by Crippen LogP contribution is -2.45. The van der Waals surface area contributed by atoms with Crippen molar-refractivity contribution in [3.8, 4) is 0 Å². The molecule has 0 amide bonds. The Bertz CT molecular complexity index is 265. The number of aromatic nitrogens is 1. The second-order valence-corrected chi connectivity index (χ2v) is 4.37. The molecule has 1 saturated heterocycles. The van der Waals surface area contributed by atoms with Gasteiger partial charge >= 0.3 is 0 Å². The average molecular weight is 213 g/mol. The number of ether oxygens (including phenoxy) is 1. The molecular formula is C9H15N3OS. The minimum atomic E-state index is 0.198. The highest BCUT2D eigenvalue weighted by Gasteiger charge is 2.19. The third-order valence-corrected chi connectivity index (χ3v) is 3.09. The number of morpholine rings is 1. The number of hydrogen-bond acceptors (Lipinski definition) is 5. The van der Waals surface area contributed by atoms with Gasteiger partial charge in [0.2, 0.25) is 0 Å². The number of rotatable bonds is 3. The molecule has 4 nitrogen and oxygen atoms in total. The van der Waals surface area contributed by atoms with Gasteiger partial charge in [-0.25, -0.2) is 4.98 Å². The van der Waals surface area contributed by atoms with Crippen molar-refractivity contribution in [3.05, 3.63) is 16.6 Å². The first-order chi connectivity index (χ1) is 6.88. The topological polar surface area (TPSA) is 51.4 Å². The smallest absolute Gasteiger partial charge is 0.107 e. The van der Waals surface area contributed by atoms with Gasteiger partial charge in [-0.2, -0.15) is 0 Å². The molecule has 0 aromatic carbocycles. The SMILES string of the molecule is NCC1CN(Cc2nccs2)CCO1. The number of hydrogen-bond donors (Lipinski definition) is 1. The zero-order valence-corrected chi connectivity index (χ0v) is 8.87. The summed E-state index contributed by atoms with van der Waals surface area (Å²) in [6.07, 6.45) is 2.05. The van der Waals surface area contributed by atoms with Gasteiger partial charge < -0.3 is 10.5 Å². The molecule has 1 aliphatic heterocycles.